The highest BCUT2D eigenvalue weighted by atomic mass is 16.7. The van der Waals surface area contributed by atoms with Gasteiger partial charge >= 0.3 is 11.9 Å². The standard InChI is InChI=1S/C66H121NO8/c1-6-8-10-12-14-16-18-19-20-21-22-23-24-25-26-27-28-29-30-31-32-33-34-35-36-37-38-39-40-41-42-43-44-45-47-49-51-53-55-57-64(69)75-62(61-74-66(65(70)71)72-59-58-67(3,4)5)60-73-63(68)56-54-52-50-48-46-17-15-13-11-9-7-2/h13,15,18-19,21-22,24-25,62,66H,6-12,14,16-17,20,23,26-61H2,1-5H3/b15-13-,19-18-,22-21-,25-24-. The van der Waals surface area contributed by atoms with Crippen LogP contribution in [0, 0.1) is 0 Å². The monoisotopic (exact) mass is 1060 g/mol. The molecule has 0 aliphatic rings. The summed E-state index contributed by atoms with van der Waals surface area (Å²) in [5.74, 6) is -2.28. The number of allylic oxidation sites excluding steroid dienone is 8. The average molecular weight is 1060 g/mol. The summed E-state index contributed by atoms with van der Waals surface area (Å²) in [7, 11) is 5.92. The average Bonchev–Trinajstić information content (AvgIpc) is 3.38. The fourth-order valence-electron chi connectivity index (χ4n) is 9.12. The van der Waals surface area contributed by atoms with Crippen LogP contribution in [0.25, 0.3) is 0 Å². The molecule has 438 valence electrons. The normalized spacial score (nSPS) is 13.0. The number of carboxylic acid groups (broad SMARTS) is 1. The summed E-state index contributed by atoms with van der Waals surface area (Å²) in [6.45, 7) is 4.71. The van der Waals surface area contributed by atoms with Gasteiger partial charge in [0, 0.05) is 12.8 Å². The molecule has 0 aromatic rings. The molecule has 0 saturated heterocycles. The quantitative estimate of drug-likeness (QED) is 0.0195. The minimum atomic E-state index is -1.62. The van der Waals surface area contributed by atoms with E-state index in [4.69, 9.17) is 18.9 Å². The van der Waals surface area contributed by atoms with Crippen molar-refractivity contribution >= 4 is 17.9 Å². The Balaban J connectivity index is 3.91. The van der Waals surface area contributed by atoms with Crippen LogP contribution >= 0.6 is 0 Å². The van der Waals surface area contributed by atoms with E-state index in [0.717, 1.165) is 70.6 Å². The van der Waals surface area contributed by atoms with Gasteiger partial charge in [0.15, 0.2) is 12.4 Å². The molecule has 0 aliphatic heterocycles. The van der Waals surface area contributed by atoms with Gasteiger partial charge in [-0.2, -0.15) is 0 Å². The summed E-state index contributed by atoms with van der Waals surface area (Å²) in [6.07, 6.45) is 69.3. The molecule has 9 nitrogen and oxygen atoms in total. The maximum atomic E-state index is 12.8. The van der Waals surface area contributed by atoms with E-state index >= 15 is 0 Å². The van der Waals surface area contributed by atoms with Gasteiger partial charge < -0.3 is 33.3 Å². The van der Waals surface area contributed by atoms with Crippen LogP contribution in [0.3, 0.4) is 0 Å². The molecule has 2 atom stereocenters. The molecule has 2 unspecified atom stereocenters. The van der Waals surface area contributed by atoms with Gasteiger partial charge in [-0.25, -0.2) is 0 Å². The summed E-state index contributed by atoms with van der Waals surface area (Å²) in [5.41, 5.74) is 0. The van der Waals surface area contributed by atoms with Crippen molar-refractivity contribution < 1.29 is 42.9 Å². The fraction of sp³-hybridized carbons (Fsp3) is 0.833. The molecule has 0 rings (SSSR count). The Labute approximate surface area is 463 Å². The Bertz CT molecular complexity index is 1370. The van der Waals surface area contributed by atoms with Gasteiger partial charge in [0.2, 0.25) is 0 Å². The van der Waals surface area contributed by atoms with Crippen LogP contribution in [-0.4, -0.2) is 82.3 Å². The molecule has 0 aliphatic carbocycles. The van der Waals surface area contributed by atoms with Crippen LogP contribution in [0.2, 0.25) is 0 Å². The third-order valence-electron chi connectivity index (χ3n) is 14.0. The Morgan fingerprint density at radius 1 is 0.400 bits per heavy atom. The van der Waals surface area contributed by atoms with E-state index in [9.17, 15) is 19.5 Å². The van der Waals surface area contributed by atoms with Gasteiger partial charge in [0.25, 0.3) is 0 Å². The van der Waals surface area contributed by atoms with Crippen molar-refractivity contribution in [3.05, 3.63) is 48.6 Å². The number of hydrogen-bond acceptors (Lipinski definition) is 8. The van der Waals surface area contributed by atoms with Gasteiger partial charge in [-0.3, -0.25) is 9.59 Å². The molecule has 0 amide bonds. The van der Waals surface area contributed by atoms with Crippen LogP contribution < -0.4 is 5.11 Å². The zero-order valence-corrected chi connectivity index (χ0v) is 49.9. The first-order valence-corrected chi connectivity index (χ1v) is 31.8. The second kappa shape index (κ2) is 57.4. The first-order chi connectivity index (χ1) is 36.6. The number of rotatable bonds is 59. The lowest BCUT2D eigenvalue weighted by atomic mass is 10.0. The third kappa shape index (κ3) is 58.8. The maximum absolute atomic E-state index is 12.8. The summed E-state index contributed by atoms with van der Waals surface area (Å²) in [5, 5.41) is 11.7. The SMILES string of the molecule is CCCC/C=C\CCCCCCCC(=O)OCC(COC(OCC[N+](C)(C)C)C(=O)[O-])OC(=O)CCCCCCCCCCCCCCCCCCCCCCCCCC/C=C\C/C=C\C/C=C\CCCCCCC. The van der Waals surface area contributed by atoms with E-state index in [-0.39, 0.29) is 38.6 Å². The third-order valence-corrected chi connectivity index (χ3v) is 14.0. The number of likely N-dealkylation sites (N-methyl/N-ethyl adjacent to an activating group) is 1. The van der Waals surface area contributed by atoms with E-state index in [1.807, 2.05) is 21.1 Å². The lowest BCUT2D eigenvalue weighted by molar-refractivity contribution is -0.870. The van der Waals surface area contributed by atoms with Crippen LogP contribution in [0.1, 0.15) is 296 Å². The van der Waals surface area contributed by atoms with Crippen molar-refractivity contribution in [3.63, 3.8) is 0 Å². The smallest absolute Gasteiger partial charge is 0.306 e. The maximum Gasteiger partial charge on any atom is 0.306 e. The predicted molar refractivity (Wildman–Crippen MR) is 315 cm³/mol. The topological polar surface area (TPSA) is 111 Å². The van der Waals surface area contributed by atoms with Crippen LogP contribution in [0.4, 0.5) is 0 Å². The van der Waals surface area contributed by atoms with Crippen molar-refractivity contribution in [3.8, 4) is 0 Å². The number of nitrogens with zero attached hydrogens (tertiary/aromatic N) is 1. The van der Waals surface area contributed by atoms with Gasteiger partial charge in [0.05, 0.1) is 40.3 Å². The highest BCUT2D eigenvalue weighted by molar-refractivity contribution is 5.70. The molecule has 0 spiro atoms. The number of carboxylic acids is 1. The summed E-state index contributed by atoms with van der Waals surface area (Å²) >= 11 is 0. The molecule has 9 heteroatoms. The summed E-state index contributed by atoms with van der Waals surface area (Å²) in [4.78, 5) is 37.2. The van der Waals surface area contributed by atoms with Crippen molar-refractivity contribution in [1.82, 2.24) is 0 Å². The minimum Gasteiger partial charge on any atom is -0.545 e. The molecule has 0 saturated carbocycles. The number of hydrogen-bond donors (Lipinski definition) is 0. The Hall–Kier alpha value is -2.75. The van der Waals surface area contributed by atoms with E-state index in [1.54, 1.807) is 0 Å². The zero-order valence-electron chi connectivity index (χ0n) is 49.9. The van der Waals surface area contributed by atoms with Gasteiger partial charge in [-0.1, -0.05) is 262 Å². The van der Waals surface area contributed by atoms with Crippen LogP contribution in [0.5, 0.6) is 0 Å². The molecule has 75 heavy (non-hydrogen) atoms. The van der Waals surface area contributed by atoms with E-state index in [0.29, 0.717) is 17.4 Å². The minimum absolute atomic E-state index is 0.148. The molecule has 0 radical (unpaired) electrons. The van der Waals surface area contributed by atoms with E-state index < -0.39 is 24.3 Å². The molecule has 0 aromatic heterocycles. The fourth-order valence-corrected chi connectivity index (χ4v) is 9.12. The van der Waals surface area contributed by atoms with Crippen LogP contribution in [0.15, 0.2) is 48.6 Å². The first kappa shape index (κ1) is 72.2. The van der Waals surface area contributed by atoms with Gasteiger partial charge in [0.1, 0.15) is 13.2 Å². The number of unbranched alkanes of at least 4 members (excludes halogenated alkanes) is 36. The predicted octanol–water partition coefficient (Wildman–Crippen LogP) is 17.7. The summed E-state index contributed by atoms with van der Waals surface area (Å²) < 4.78 is 22.7. The molecular formula is C66H121NO8. The van der Waals surface area contributed by atoms with Crippen LogP contribution in [-0.2, 0) is 33.3 Å². The van der Waals surface area contributed by atoms with Crippen molar-refractivity contribution in [1.29, 1.82) is 0 Å². The molecule has 0 aromatic carbocycles. The Morgan fingerprint density at radius 3 is 1.12 bits per heavy atom. The molecule has 0 bridgehead atoms. The second-order valence-corrected chi connectivity index (χ2v) is 22.7. The van der Waals surface area contributed by atoms with E-state index in [1.165, 1.54) is 193 Å². The number of carbonyl (C=O) groups excluding carboxylic acids is 3. The highest BCUT2D eigenvalue weighted by Crippen LogP contribution is 2.17. The summed E-state index contributed by atoms with van der Waals surface area (Å²) in [6, 6.07) is 0. The Kier molecular flexibility index (Phi) is 55.3. The largest absolute Gasteiger partial charge is 0.545 e. The van der Waals surface area contributed by atoms with E-state index in [2.05, 4.69) is 62.5 Å². The lowest BCUT2D eigenvalue weighted by Gasteiger charge is -2.26. The highest BCUT2D eigenvalue weighted by Gasteiger charge is 2.22. The molecule has 0 heterocycles. The molecular weight excluding hydrogens is 935 g/mol. The van der Waals surface area contributed by atoms with Crippen molar-refractivity contribution in [2.45, 2.75) is 309 Å². The van der Waals surface area contributed by atoms with Crippen molar-refractivity contribution in [2.75, 3.05) is 47.5 Å². The Morgan fingerprint density at radius 2 is 0.733 bits per heavy atom. The number of esters is 2. The van der Waals surface area contributed by atoms with Gasteiger partial charge in [-0.15, -0.1) is 0 Å². The number of aliphatic carboxylic acids is 1. The molecule has 0 fully saturated rings. The molecule has 0 N–H and O–H groups in total. The number of ether oxygens (including phenoxy) is 4. The lowest BCUT2D eigenvalue weighted by Crippen LogP contribution is -2.44. The van der Waals surface area contributed by atoms with Gasteiger partial charge in [-0.05, 0) is 70.6 Å². The second-order valence-electron chi connectivity index (χ2n) is 22.7. The van der Waals surface area contributed by atoms with Crippen molar-refractivity contribution in [2.24, 2.45) is 0 Å². The zero-order chi connectivity index (χ0) is 54.8. The first-order valence-electron chi connectivity index (χ1n) is 31.8. The number of quaternary nitrogens is 1. The number of carbonyl (C=O) groups is 3.